The summed E-state index contributed by atoms with van der Waals surface area (Å²) in [6.45, 7) is 7.28. The molecule has 9 heteroatoms. The Morgan fingerprint density at radius 2 is 1.59 bits per heavy atom. The molecule has 0 amide bonds. The van der Waals surface area contributed by atoms with Gasteiger partial charge in [0, 0.05) is 0 Å². The lowest BCUT2D eigenvalue weighted by Gasteiger charge is -2.43. The van der Waals surface area contributed by atoms with E-state index in [0.29, 0.717) is 6.61 Å². The molecule has 4 rings (SSSR count). The van der Waals surface area contributed by atoms with Crippen LogP contribution in [0.4, 0.5) is 5.95 Å². The van der Waals surface area contributed by atoms with Crippen LogP contribution in [-0.2, 0) is 4.43 Å². The summed E-state index contributed by atoms with van der Waals surface area (Å²) in [6, 6.07) is 20.8. The van der Waals surface area contributed by atoms with E-state index in [-0.39, 0.29) is 28.8 Å². The summed E-state index contributed by atoms with van der Waals surface area (Å²) in [5, 5.41) is 2.28. The van der Waals surface area contributed by atoms with Crippen molar-refractivity contribution in [3.63, 3.8) is 0 Å². The third kappa shape index (κ3) is 3.92. The molecule has 8 nitrogen and oxygen atoms in total. The Bertz CT molecular complexity index is 1210. The summed E-state index contributed by atoms with van der Waals surface area (Å²) in [7, 11) is -2.64. The smallest absolute Gasteiger partial charge is 0.280 e. The molecule has 0 aliphatic heterocycles. The van der Waals surface area contributed by atoms with Gasteiger partial charge in [-0.1, -0.05) is 81.4 Å². The van der Waals surface area contributed by atoms with Gasteiger partial charge in [-0.3, -0.25) is 9.78 Å². The highest BCUT2D eigenvalue weighted by Gasteiger charge is 2.50. The molecule has 0 saturated carbocycles. The molecule has 0 bridgehead atoms. The molecule has 32 heavy (non-hydrogen) atoms. The third-order valence-corrected chi connectivity index (χ3v) is 10.5. The predicted octanol–water partition coefficient (Wildman–Crippen LogP) is 1.71. The van der Waals surface area contributed by atoms with E-state index in [1.165, 1.54) is 21.4 Å². The van der Waals surface area contributed by atoms with Crippen LogP contribution >= 0.6 is 0 Å². The number of benzene rings is 2. The highest BCUT2D eigenvalue weighted by molar-refractivity contribution is 6.99. The minimum atomic E-state index is -2.64. The number of nitrogen functional groups attached to an aromatic ring is 1. The monoisotopic (exact) mass is 449 g/mol. The Kier molecular flexibility index (Phi) is 5.85. The maximum Gasteiger partial charge on any atom is 0.280 e. The van der Waals surface area contributed by atoms with Gasteiger partial charge in [0.25, 0.3) is 13.9 Å². The van der Waals surface area contributed by atoms with Crippen molar-refractivity contribution >= 4 is 35.8 Å². The van der Waals surface area contributed by atoms with Gasteiger partial charge in [0.05, 0.1) is 6.61 Å². The van der Waals surface area contributed by atoms with Crippen molar-refractivity contribution in [1.82, 2.24) is 19.7 Å². The van der Waals surface area contributed by atoms with Gasteiger partial charge in [0.2, 0.25) is 11.6 Å². The van der Waals surface area contributed by atoms with Crippen molar-refractivity contribution in [2.45, 2.75) is 25.8 Å². The van der Waals surface area contributed by atoms with Gasteiger partial charge < -0.3 is 15.0 Å². The lowest BCUT2D eigenvalue weighted by atomic mass is 10.2. The number of nitrogens with two attached hydrogens (primary N) is 1. The van der Waals surface area contributed by atoms with Gasteiger partial charge in [-0.2, -0.15) is 9.71 Å². The number of aromatic nitrogens is 4. The summed E-state index contributed by atoms with van der Waals surface area (Å²) in [4.78, 5) is 28.4. The highest BCUT2D eigenvalue weighted by Crippen LogP contribution is 2.36. The van der Waals surface area contributed by atoms with Crippen molar-refractivity contribution in [2.75, 3.05) is 18.9 Å². The zero-order valence-electron chi connectivity index (χ0n) is 18.4. The summed E-state index contributed by atoms with van der Waals surface area (Å²) in [5.41, 5.74) is 5.70. The average Bonchev–Trinajstić information content (AvgIpc) is 3.17. The molecular weight excluding hydrogens is 422 g/mol. The molecule has 4 aromatic rings. The number of H-pyrrole nitrogens is 1. The first-order chi connectivity index (χ1) is 15.3. The lowest BCUT2D eigenvalue weighted by molar-refractivity contribution is 0.0853. The molecule has 0 unspecified atom stereocenters. The van der Waals surface area contributed by atoms with E-state index in [2.05, 4.69) is 84.3 Å². The molecule has 2 aromatic heterocycles. The normalized spacial score (nSPS) is 12.2. The van der Waals surface area contributed by atoms with Crippen molar-refractivity contribution in [3.05, 3.63) is 77.3 Å². The number of nitrogens with zero attached hydrogens (tertiary/aromatic N) is 3. The predicted molar refractivity (Wildman–Crippen MR) is 128 cm³/mol. The van der Waals surface area contributed by atoms with Crippen LogP contribution in [-0.4, -0.2) is 41.2 Å². The maximum absolute atomic E-state index is 12.0. The standard InChI is InChI=1S/C23H27N5O3Si/c1-23(2,3)32(17-10-6-4-7-11-17,18-12-8-5-9-13-18)31-15-14-30-28-16-25-19-20(28)26-22(24)27-21(19)29/h4-13,16H,14-15H2,1-3H3,(H3,24,26,27,29). The topological polar surface area (TPSA) is 108 Å². The largest absolute Gasteiger partial charge is 0.408 e. The molecule has 0 aliphatic rings. The fourth-order valence-electron chi connectivity index (χ4n) is 4.09. The van der Waals surface area contributed by atoms with Crippen LogP contribution in [0.15, 0.2) is 71.8 Å². The van der Waals surface area contributed by atoms with Crippen LogP contribution in [0.3, 0.4) is 0 Å². The van der Waals surface area contributed by atoms with Crippen molar-refractivity contribution in [1.29, 1.82) is 0 Å². The fraction of sp³-hybridized carbons (Fsp3) is 0.261. The quantitative estimate of drug-likeness (QED) is 0.328. The van der Waals surface area contributed by atoms with E-state index in [1.807, 2.05) is 12.1 Å². The number of fused-ring (bicyclic) bond motifs is 1. The highest BCUT2D eigenvalue weighted by atomic mass is 28.4. The number of imidazole rings is 1. The summed E-state index contributed by atoms with van der Waals surface area (Å²) >= 11 is 0. The fourth-order valence-corrected chi connectivity index (χ4v) is 8.64. The van der Waals surface area contributed by atoms with Crippen LogP contribution < -0.4 is 26.5 Å². The van der Waals surface area contributed by atoms with Crippen LogP contribution in [0.5, 0.6) is 0 Å². The lowest BCUT2D eigenvalue weighted by Crippen LogP contribution is -2.66. The zero-order valence-corrected chi connectivity index (χ0v) is 19.4. The Hall–Kier alpha value is -3.43. The molecule has 0 saturated heterocycles. The van der Waals surface area contributed by atoms with E-state index in [4.69, 9.17) is 15.0 Å². The van der Waals surface area contributed by atoms with Crippen molar-refractivity contribution in [2.24, 2.45) is 0 Å². The number of anilines is 1. The number of rotatable bonds is 7. The summed E-state index contributed by atoms with van der Waals surface area (Å²) < 4.78 is 8.15. The molecule has 3 N–H and O–H groups in total. The number of hydrogen-bond acceptors (Lipinski definition) is 6. The molecule has 166 valence electrons. The molecule has 2 heterocycles. The van der Waals surface area contributed by atoms with E-state index in [0.717, 1.165) is 0 Å². The minimum absolute atomic E-state index is 0.0106. The van der Waals surface area contributed by atoms with E-state index < -0.39 is 13.9 Å². The van der Waals surface area contributed by atoms with Crippen LogP contribution in [0, 0.1) is 0 Å². The van der Waals surface area contributed by atoms with E-state index in [9.17, 15) is 4.79 Å². The Morgan fingerprint density at radius 3 is 2.16 bits per heavy atom. The SMILES string of the molecule is CC(C)(C)[Si](OCCOn1cnc2c(=O)[nH]c(N)nc21)(c1ccccc1)c1ccccc1. The van der Waals surface area contributed by atoms with Gasteiger partial charge >= 0.3 is 0 Å². The summed E-state index contributed by atoms with van der Waals surface area (Å²) in [6.07, 6.45) is 1.41. The van der Waals surface area contributed by atoms with Gasteiger partial charge in [-0.25, -0.2) is 4.98 Å². The minimum Gasteiger partial charge on any atom is -0.408 e. The van der Waals surface area contributed by atoms with Gasteiger partial charge in [-0.15, -0.1) is 0 Å². The molecule has 0 atom stereocenters. The van der Waals surface area contributed by atoms with Crippen LogP contribution in [0.25, 0.3) is 11.2 Å². The van der Waals surface area contributed by atoms with Gasteiger partial charge in [0.15, 0.2) is 5.52 Å². The number of hydrogen-bond donors (Lipinski definition) is 2. The van der Waals surface area contributed by atoms with Gasteiger partial charge in [0.1, 0.15) is 12.9 Å². The molecular formula is C23H27N5O3Si. The first kappa shape index (κ1) is 21.8. The van der Waals surface area contributed by atoms with Gasteiger partial charge in [-0.05, 0) is 15.4 Å². The number of aromatic amines is 1. The maximum atomic E-state index is 12.0. The third-order valence-electron chi connectivity index (χ3n) is 5.44. The van der Waals surface area contributed by atoms with Crippen molar-refractivity contribution < 1.29 is 9.26 Å². The second-order valence-electron chi connectivity index (χ2n) is 8.54. The van der Waals surface area contributed by atoms with E-state index in [1.54, 1.807) is 0 Å². The number of nitrogens with one attached hydrogen (secondary N) is 1. The Morgan fingerprint density at radius 1 is 1.00 bits per heavy atom. The first-order valence-electron chi connectivity index (χ1n) is 10.4. The zero-order chi connectivity index (χ0) is 22.8. The molecule has 0 spiro atoms. The Balaban J connectivity index is 1.61. The molecule has 0 aliphatic carbocycles. The first-order valence-corrected chi connectivity index (χ1v) is 12.3. The second-order valence-corrected chi connectivity index (χ2v) is 12.8. The Labute approximate surface area is 187 Å². The van der Waals surface area contributed by atoms with Crippen molar-refractivity contribution in [3.8, 4) is 0 Å². The second kappa shape index (κ2) is 8.60. The average molecular weight is 450 g/mol. The molecule has 0 radical (unpaired) electrons. The van der Waals surface area contributed by atoms with E-state index >= 15 is 0 Å². The molecule has 0 fully saturated rings. The molecule has 2 aromatic carbocycles. The van der Waals surface area contributed by atoms with Crippen LogP contribution in [0.1, 0.15) is 20.8 Å². The summed E-state index contributed by atoms with van der Waals surface area (Å²) in [5.74, 6) is 0.0106. The van der Waals surface area contributed by atoms with Crippen LogP contribution in [0.2, 0.25) is 5.04 Å².